The molecule has 0 aromatic heterocycles. The SMILES string of the molecule is [BH3-][P+]1(Oc2ccc(C(F)(F)F)cc2)O[C@H](C)C[C@H](C)O1. The van der Waals surface area contributed by atoms with Gasteiger partial charge in [-0.3, -0.25) is 0 Å². The highest BCUT2D eigenvalue weighted by atomic mass is 31.2. The monoisotopic (exact) mass is 308 g/mol. The molecule has 0 bridgehead atoms. The molecule has 1 unspecified atom stereocenters. The molecule has 20 heavy (non-hydrogen) atoms. The summed E-state index contributed by atoms with van der Waals surface area (Å²) in [7, 11) is -2.67. The molecule has 0 spiro atoms. The molecule has 0 radical (unpaired) electrons. The number of alkyl halides is 3. The predicted molar refractivity (Wildman–Crippen MR) is 74.6 cm³/mol. The van der Waals surface area contributed by atoms with Crippen molar-refractivity contribution in [3.63, 3.8) is 0 Å². The lowest BCUT2D eigenvalue weighted by Gasteiger charge is -2.35. The Morgan fingerprint density at radius 3 is 2.10 bits per heavy atom. The van der Waals surface area contributed by atoms with E-state index in [2.05, 4.69) is 0 Å². The Balaban J connectivity index is 2.09. The summed E-state index contributed by atoms with van der Waals surface area (Å²) >= 11 is 0. The first kappa shape index (κ1) is 15.6. The maximum atomic E-state index is 12.5. The van der Waals surface area contributed by atoms with Crippen molar-refractivity contribution < 1.29 is 26.7 Å². The molecular weight excluding hydrogens is 291 g/mol. The summed E-state index contributed by atoms with van der Waals surface area (Å²) in [5, 5.41) is 0. The van der Waals surface area contributed by atoms with Gasteiger partial charge >= 0.3 is 6.18 Å². The smallest absolute Gasteiger partial charge is 0.339 e. The molecule has 1 heterocycles. The van der Waals surface area contributed by atoms with Gasteiger partial charge in [-0.2, -0.15) is 13.2 Å². The average Bonchev–Trinajstić information content (AvgIpc) is 2.25. The topological polar surface area (TPSA) is 27.7 Å². The Morgan fingerprint density at radius 1 is 1.15 bits per heavy atom. The number of rotatable bonds is 2. The lowest BCUT2D eigenvalue weighted by atomic mass is 10.2. The number of benzene rings is 1. The van der Waals surface area contributed by atoms with E-state index in [-0.39, 0.29) is 19.8 Å². The van der Waals surface area contributed by atoms with Gasteiger partial charge in [0.05, 0.1) is 5.56 Å². The summed E-state index contributed by atoms with van der Waals surface area (Å²) in [6.07, 6.45) is -3.39. The van der Waals surface area contributed by atoms with Crippen LogP contribution in [-0.4, -0.2) is 19.8 Å². The summed E-state index contributed by atoms with van der Waals surface area (Å²) in [5.41, 5.74) is -0.687. The Bertz CT molecular complexity index is 456. The third-order valence-corrected chi connectivity index (χ3v) is 3.98. The summed E-state index contributed by atoms with van der Waals surface area (Å²) in [6, 6.07) is 4.67. The summed E-state index contributed by atoms with van der Waals surface area (Å²) in [4.78, 5) is 0. The average molecular weight is 308 g/mol. The second-order valence-corrected chi connectivity index (χ2v) is 5.46. The van der Waals surface area contributed by atoms with Crippen molar-refractivity contribution in [2.75, 3.05) is 0 Å². The third-order valence-electron chi connectivity index (χ3n) is 2.56. The van der Waals surface area contributed by atoms with E-state index in [0.29, 0.717) is 5.75 Å². The van der Waals surface area contributed by atoms with E-state index in [1.807, 2.05) is 13.8 Å². The van der Waals surface area contributed by atoms with Gasteiger partial charge in [-0.1, -0.05) is 0 Å². The van der Waals surface area contributed by atoms with Crippen LogP contribution in [0.2, 0.25) is 0 Å². The minimum Gasteiger partial charge on any atom is -0.339 e. The van der Waals surface area contributed by atoms with Gasteiger partial charge in [0.1, 0.15) is 12.2 Å². The lowest BCUT2D eigenvalue weighted by Crippen LogP contribution is -2.29. The van der Waals surface area contributed by atoms with E-state index in [9.17, 15) is 13.2 Å². The minimum absolute atomic E-state index is 0.0685. The molecule has 0 saturated carbocycles. The first-order chi connectivity index (χ1) is 9.18. The molecule has 3 atom stereocenters. The Hall–Kier alpha value is -0.775. The molecular formula is C12H17BF3O3P. The second-order valence-electron chi connectivity index (χ2n) is 4.40. The highest BCUT2D eigenvalue weighted by molar-refractivity contribution is 7.86. The van der Waals surface area contributed by atoms with E-state index < -0.39 is 19.6 Å². The van der Waals surface area contributed by atoms with Crippen LogP contribution in [0.25, 0.3) is 0 Å². The Kier molecular flexibility index (Phi) is 4.33. The van der Waals surface area contributed by atoms with Crippen molar-refractivity contribution in [3.05, 3.63) is 29.8 Å². The number of halogens is 3. The highest BCUT2D eigenvalue weighted by Crippen LogP contribution is 2.61. The maximum absolute atomic E-state index is 12.5. The van der Waals surface area contributed by atoms with Gasteiger partial charge in [-0.15, -0.1) is 0 Å². The van der Waals surface area contributed by atoms with Crippen molar-refractivity contribution >= 4 is 15.4 Å². The van der Waals surface area contributed by atoms with Crippen molar-refractivity contribution in [3.8, 4) is 5.75 Å². The highest BCUT2D eigenvalue weighted by Gasteiger charge is 2.41. The van der Waals surface area contributed by atoms with Crippen molar-refractivity contribution in [1.29, 1.82) is 0 Å². The molecule has 2 rings (SSSR count). The van der Waals surface area contributed by atoms with Crippen LogP contribution in [-0.2, 0) is 15.2 Å². The molecule has 1 aliphatic rings. The number of hydrogen-bond donors (Lipinski definition) is 0. The van der Waals surface area contributed by atoms with E-state index in [4.69, 9.17) is 13.6 Å². The van der Waals surface area contributed by atoms with E-state index in [1.165, 1.54) is 12.1 Å². The zero-order valence-electron chi connectivity index (χ0n) is 10.5. The van der Waals surface area contributed by atoms with Crippen molar-refractivity contribution in [2.24, 2.45) is 0 Å². The molecule has 3 nitrogen and oxygen atoms in total. The molecule has 8 heteroatoms. The number of hydrogen-bond acceptors (Lipinski definition) is 3. The van der Waals surface area contributed by atoms with Gasteiger partial charge in [0.15, 0.2) is 5.75 Å². The van der Waals surface area contributed by atoms with Crippen LogP contribution in [0.3, 0.4) is 0 Å². The molecule has 1 fully saturated rings. The summed E-state index contributed by atoms with van der Waals surface area (Å²) in [6.45, 7) is 3.93. The van der Waals surface area contributed by atoms with Crippen LogP contribution in [0.5, 0.6) is 5.75 Å². The van der Waals surface area contributed by atoms with Gasteiger partial charge in [0.2, 0.25) is 7.57 Å². The van der Waals surface area contributed by atoms with Gasteiger partial charge in [-0.05, 0) is 38.1 Å². The molecule has 1 aliphatic heterocycles. The molecule has 1 aromatic carbocycles. The van der Waals surface area contributed by atoms with Crippen LogP contribution in [0.15, 0.2) is 24.3 Å². The van der Waals surface area contributed by atoms with E-state index in [1.54, 1.807) is 0 Å². The van der Waals surface area contributed by atoms with Crippen molar-refractivity contribution in [2.45, 2.75) is 38.7 Å². The zero-order chi connectivity index (χ0) is 15.0. The van der Waals surface area contributed by atoms with Crippen LogP contribution in [0, 0.1) is 0 Å². The fourth-order valence-corrected chi connectivity index (χ4v) is 2.90. The first-order valence-electron chi connectivity index (χ1n) is 5.83. The Morgan fingerprint density at radius 2 is 1.65 bits per heavy atom. The van der Waals surface area contributed by atoms with Gasteiger partial charge in [0.25, 0.3) is 7.82 Å². The van der Waals surface area contributed by atoms with Crippen LogP contribution >= 0.6 is 7.82 Å². The van der Waals surface area contributed by atoms with E-state index >= 15 is 0 Å². The normalized spacial score (nSPS) is 31.1. The third kappa shape index (κ3) is 3.87. The molecule has 0 N–H and O–H groups in total. The van der Waals surface area contributed by atoms with Gasteiger partial charge in [-0.25, -0.2) is 9.05 Å². The van der Waals surface area contributed by atoms with Crippen LogP contribution in [0.1, 0.15) is 25.8 Å². The fourth-order valence-electron chi connectivity index (χ4n) is 1.71. The first-order valence-corrected chi connectivity index (χ1v) is 6.93. The second kappa shape index (κ2) is 5.55. The molecule has 112 valence electrons. The standard InChI is InChI=1S/C12H17BF3O3P/c1-8-7-9(2)18-20(13,17-8)19-11-5-3-10(4-6-11)12(14,15)16/h3-6,8-9H,7H2,1-2,13H3/t8-,9+,20?. The maximum Gasteiger partial charge on any atom is 0.416 e. The van der Waals surface area contributed by atoms with Crippen molar-refractivity contribution in [1.82, 2.24) is 0 Å². The van der Waals surface area contributed by atoms with Gasteiger partial charge < -0.3 is 4.52 Å². The lowest BCUT2D eigenvalue weighted by molar-refractivity contribution is -0.137. The predicted octanol–water partition coefficient (Wildman–Crippen LogP) is 3.34. The Labute approximate surface area is 117 Å². The summed E-state index contributed by atoms with van der Waals surface area (Å²) < 4.78 is 54.8. The largest absolute Gasteiger partial charge is 0.416 e. The van der Waals surface area contributed by atoms with Gasteiger partial charge in [0, 0.05) is 6.42 Å². The zero-order valence-corrected chi connectivity index (χ0v) is 11.4. The molecule has 0 amide bonds. The molecule has 1 saturated heterocycles. The van der Waals surface area contributed by atoms with E-state index in [0.717, 1.165) is 18.6 Å². The fraction of sp³-hybridized carbons (Fsp3) is 0.500. The van der Waals surface area contributed by atoms with Crippen LogP contribution in [0.4, 0.5) is 13.2 Å². The summed E-state index contributed by atoms with van der Waals surface area (Å²) in [5.74, 6) is 0.377. The van der Waals surface area contributed by atoms with Crippen LogP contribution < -0.4 is 4.52 Å². The molecule has 0 aliphatic carbocycles. The minimum atomic E-state index is -4.33. The quantitative estimate of drug-likeness (QED) is 0.619. The molecule has 1 aromatic rings.